The number of carbonyl (C=O) groups is 2. The summed E-state index contributed by atoms with van der Waals surface area (Å²) in [6.45, 7) is 8.12. The molecule has 1 aliphatic heterocycles. The summed E-state index contributed by atoms with van der Waals surface area (Å²) < 4.78 is 28.5. The molecular weight excluding hydrogens is 716 g/mol. The van der Waals surface area contributed by atoms with Crippen LogP contribution in [0.1, 0.15) is 48.2 Å². The van der Waals surface area contributed by atoms with Crippen LogP contribution in [0.2, 0.25) is 0 Å². The van der Waals surface area contributed by atoms with E-state index >= 15 is 4.39 Å². The Balaban J connectivity index is 1.07. The van der Waals surface area contributed by atoms with Crippen molar-refractivity contribution in [1.29, 1.82) is 0 Å². The number of alkyl halides is 1. The SMILES string of the molecule is Cc1nn(COCCS(C)(C)C)c(C)c1-c1ccc(NC(=O)[C@@H](NC(=O)C2(F)CC2)[C@@H]2CCCc3ccc(-c4ccnc(N5CCOCC5)c4)cc3C2)cc1. The van der Waals surface area contributed by atoms with Gasteiger partial charge in [0.15, 0.2) is 5.67 Å². The van der Waals surface area contributed by atoms with E-state index in [0.29, 0.717) is 38.7 Å². The first-order valence-corrected chi connectivity index (χ1v) is 22.5. The van der Waals surface area contributed by atoms with E-state index in [1.807, 2.05) is 55.1 Å². The van der Waals surface area contributed by atoms with Gasteiger partial charge in [0.2, 0.25) is 5.91 Å². The Morgan fingerprint density at radius 1 is 1.00 bits per heavy atom. The highest BCUT2D eigenvalue weighted by Gasteiger charge is 2.52. The number of benzene rings is 2. The molecule has 4 aromatic rings. The summed E-state index contributed by atoms with van der Waals surface area (Å²) in [4.78, 5) is 34.2. The molecule has 2 aliphatic carbocycles. The molecule has 294 valence electrons. The van der Waals surface area contributed by atoms with Gasteiger partial charge in [0.05, 0.1) is 25.5 Å². The molecule has 0 radical (unpaired) electrons. The molecule has 0 unspecified atom stereocenters. The Kier molecular flexibility index (Phi) is 11.7. The number of morpholine rings is 1. The van der Waals surface area contributed by atoms with Gasteiger partial charge < -0.3 is 25.0 Å². The smallest absolute Gasteiger partial charge is 0.258 e. The summed E-state index contributed by atoms with van der Waals surface area (Å²) in [5, 5.41) is 10.7. The number of hydrogen-bond donors (Lipinski definition) is 2. The van der Waals surface area contributed by atoms with Crippen molar-refractivity contribution >= 4 is 33.3 Å². The van der Waals surface area contributed by atoms with Gasteiger partial charge in [-0.25, -0.2) is 24.1 Å². The van der Waals surface area contributed by atoms with Crippen LogP contribution in [0.25, 0.3) is 22.3 Å². The predicted octanol–water partition coefficient (Wildman–Crippen LogP) is 6.85. The standard InChI is InChI=1S/C43H55FN6O4S/c1-29-39(30(2)50(48-29)28-54-23-24-55(3,4)5)32-11-13-37(14-12-32)46-41(51)40(47-42(52)43(44)16-17-43)35-8-6-7-31-9-10-33(25-36(31)26-35)34-15-18-45-38(27-34)49-19-21-53-22-20-49/h9-15,18,25,27,35,40H,6-8,16-17,19-24,26,28H2,1-5H3,(H,46,51)(H,47,52)/t35-,40+/m1/s1. The monoisotopic (exact) mass is 770 g/mol. The molecule has 0 bridgehead atoms. The second-order valence-corrected chi connectivity index (χ2v) is 20.8. The average molecular weight is 771 g/mol. The lowest BCUT2D eigenvalue weighted by Gasteiger charge is -2.28. The third-order valence-corrected chi connectivity index (χ3v) is 12.5. The lowest BCUT2D eigenvalue weighted by atomic mass is 9.88. The lowest BCUT2D eigenvalue weighted by molar-refractivity contribution is -0.132. The van der Waals surface area contributed by atoms with Crippen LogP contribution in [-0.4, -0.2) is 95.7 Å². The van der Waals surface area contributed by atoms with E-state index in [1.165, 1.54) is 5.56 Å². The molecule has 10 nitrogen and oxygen atoms in total. The van der Waals surface area contributed by atoms with Gasteiger partial charge in [-0.1, -0.05) is 30.3 Å². The van der Waals surface area contributed by atoms with E-state index in [1.54, 1.807) is 0 Å². The Hall–Kier alpha value is -4.26. The van der Waals surface area contributed by atoms with Crippen molar-refractivity contribution in [2.45, 2.75) is 70.8 Å². The second kappa shape index (κ2) is 16.5. The maximum absolute atomic E-state index is 15.1. The van der Waals surface area contributed by atoms with Crippen LogP contribution in [0.15, 0.2) is 60.8 Å². The Bertz CT molecular complexity index is 2000. The number of anilines is 2. The molecule has 3 heterocycles. The van der Waals surface area contributed by atoms with Crippen LogP contribution >= 0.6 is 10.0 Å². The first-order valence-electron chi connectivity index (χ1n) is 19.5. The molecule has 2 fully saturated rings. The Morgan fingerprint density at radius 3 is 2.45 bits per heavy atom. The van der Waals surface area contributed by atoms with Crippen molar-refractivity contribution in [2.75, 3.05) is 67.6 Å². The molecule has 7 rings (SSSR count). The molecule has 1 saturated heterocycles. The third-order valence-electron chi connectivity index (χ3n) is 11.1. The Labute approximate surface area is 325 Å². The van der Waals surface area contributed by atoms with Crippen molar-refractivity contribution in [3.63, 3.8) is 0 Å². The number of hydrogen-bond acceptors (Lipinski definition) is 7. The minimum Gasteiger partial charge on any atom is -0.378 e. The number of halogens is 1. The lowest BCUT2D eigenvalue weighted by Crippen LogP contribution is -2.51. The summed E-state index contributed by atoms with van der Waals surface area (Å²) >= 11 is 0. The van der Waals surface area contributed by atoms with Gasteiger partial charge in [0, 0.05) is 42.0 Å². The minimum atomic E-state index is -1.89. The molecular formula is C43H55FN6O4S. The largest absolute Gasteiger partial charge is 0.378 e. The van der Waals surface area contributed by atoms with Crippen LogP contribution in [-0.2, 0) is 38.6 Å². The van der Waals surface area contributed by atoms with Crippen molar-refractivity contribution < 1.29 is 23.5 Å². The first-order chi connectivity index (χ1) is 26.4. The molecule has 0 spiro atoms. The van der Waals surface area contributed by atoms with Crippen LogP contribution < -0.4 is 15.5 Å². The molecule has 3 aliphatic rings. The number of aromatic nitrogens is 3. The van der Waals surface area contributed by atoms with Gasteiger partial charge in [-0.15, -0.1) is 0 Å². The van der Waals surface area contributed by atoms with Gasteiger partial charge >= 0.3 is 0 Å². The zero-order chi connectivity index (χ0) is 38.7. The van der Waals surface area contributed by atoms with E-state index in [9.17, 15) is 9.59 Å². The van der Waals surface area contributed by atoms with Gasteiger partial charge in [0.25, 0.3) is 5.91 Å². The highest BCUT2D eigenvalue weighted by atomic mass is 32.3. The minimum absolute atomic E-state index is 0.184. The topological polar surface area (TPSA) is 111 Å². The Morgan fingerprint density at radius 2 is 1.73 bits per heavy atom. The van der Waals surface area contributed by atoms with Crippen molar-refractivity contribution in [3.05, 3.63) is 83.3 Å². The molecule has 2 aromatic carbocycles. The summed E-state index contributed by atoms with van der Waals surface area (Å²) in [5.41, 5.74) is 7.18. The highest BCUT2D eigenvalue weighted by molar-refractivity contribution is 8.32. The molecule has 2 N–H and O–H groups in total. The van der Waals surface area contributed by atoms with E-state index in [0.717, 1.165) is 83.1 Å². The number of carbonyl (C=O) groups excluding carboxylic acids is 2. The summed E-state index contributed by atoms with van der Waals surface area (Å²) in [6, 6.07) is 17.5. The fraction of sp³-hybridized carbons (Fsp3) is 0.488. The van der Waals surface area contributed by atoms with E-state index in [2.05, 4.69) is 63.6 Å². The van der Waals surface area contributed by atoms with E-state index in [-0.39, 0.29) is 24.7 Å². The fourth-order valence-corrected chi connectivity index (χ4v) is 8.29. The molecule has 2 atom stereocenters. The van der Waals surface area contributed by atoms with Crippen LogP contribution in [0, 0.1) is 19.8 Å². The zero-order valence-electron chi connectivity index (χ0n) is 32.8. The van der Waals surface area contributed by atoms with Crippen molar-refractivity contribution in [2.24, 2.45) is 5.92 Å². The van der Waals surface area contributed by atoms with Crippen molar-refractivity contribution in [1.82, 2.24) is 20.1 Å². The highest BCUT2D eigenvalue weighted by Crippen LogP contribution is 2.41. The number of aryl methyl sites for hydroxylation is 2. The van der Waals surface area contributed by atoms with Crippen molar-refractivity contribution in [3.8, 4) is 22.3 Å². The van der Waals surface area contributed by atoms with Crippen LogP contribution in [0.5, 0.6) is 0 Å². The maximum Gasteiger partial charge on any atom is 0.258 e. The van der Waals surface area contributed by atoms with Gasteiger partial charge in [-0.3, -0.25) is 9.59 Å². The number of fused-ring (bicyclic) bond motifs is 1. The number of nitrogens with zero attached hydrogens (tertiary/aromatic N) is 4. The first kappa shape index (κ1) is 39.0. The van der Waals surface area contributed by atoms with Gasteiger partial charge in [0.1, 0.15) is 18.6 Å². The van der Waals surface area contributed by atoms with Crippen LogP contribution in [0.4, 0.5) is 15.9 Å². The van der Waals surface area contributed by atoms with Gasteiger partial charge in [-0.05, 0) is 129 Å². The average Bonchev–Trinajstić information content (AvgIpc) is 3.91. The predicted molar refractivity (Wildman–Crippen MR) is 220 cm³/mol. The second-order valence-electron chi connectivity index (χ2n) is 16.2. The van der Waals surface area contributed by atoms with E-state index in [4.69, 9.17) is 14.6 Å². The van der Waals surface area contributed by atoms with Gasteiger partial charge in [-0.2, -0.15) is 5.10 Å². The summed E-state index contributed by atoms with van der Waals surface area (Å²) in [5.74, 6) is 0.725. The molecule has 55 heavy (non-hydrogen) atoms. The molecule has 12 heteroatoms. The number of rotatable bonds is 13. The maximum atomic E-state index is 15.1. The molecule has 1 saturated carbocycles. The quantitative estimate of drug-likeness (QED) is 0.113. The third kappa shape index (κ3) is 9.41. The number of ether oxygens (including phenoxy) is 2. The number of nitrogens with one attached hydrogen (secondary N) is 2. The fourth-order valence-electron chi connectivity index (χ4n) is 7.67. The number of amides is 2. The summed E-state index contributed by atoms with van der Waals surface area (Å²) in [7, 11) is -0.626. The molecule has 2 aromatic heterocycles. The zero-order valence-corrected chi connectivity index (χ0v) is 33.6. The normalized spacial score (nSPS) is 18.9. The number of pyridine rings is 1. The summed E-state index contributed by atoms with van der Waals surface area (Å²) in [6.07, 6.45) is 12.1. The molecule has 2 amide bonds. The van der Waals surface area contributed by atoms with E-state index < -0.39 is 27.6 Å². The van der Waals surface area contributed by atoms with Crippen LogP contribution in [0.3, 0.4) is 0 Å².